The number of halogens is 2. The maximum absolute atomic E-state index is 12.6. The average Bonchev–Trinajstić information content (AvgIpc) is 2.89. The van der Waals surface area contributed by atoms with Crippen LogP contribution in [0.5, 0.6) is 5.75 Å². The summed E-state index contributed by atoms with van der Waals surface area (Å²) in [6.45, 7) is 1.52. The maximum Gasteiger partial charge on any atom is 0.294 e. The second-order valence-corrected chi connectivity index (χ2v) is 7.59. The number of carbonyl (C=O) groups excluding carboxylic acids is 3. The molecule has 0 N–H and O–H groups in total. The second kappa shape index (κ2) is 8.52. The highest BCUT2D eigenvalue weighted by Gasteiger charge is 2.37. The first kappa shape index (κ1) is 20.0. The van der Waals surface area contributed by atoms with E-state index in [-0.39, 0.29) is 27.4 Å². The van der Waals surface area contributed by atoms with Crippen molar-refractivity contribution in [3.05, 3.63) is 32.6 Å². The molecule has 3 amide bonds. The molecule has 0 aliphatic carbocycles. The lowest BCUT2D eigenvalue weighted by atomic mass is 10.2. The topological polar surface area (TPSA) is 76.2 Å². The summed E-state index contributed by atoms with van der Waals surface area (Å²) in [6, 6.07) is 3.16. The molecule has 144 valence electrons. The minimum atomic E-state index is -0.519. The number of hydrogen-bond donors (Lipinski definition) is 0. The first-order chi connectivity index (χ1) is 12.9. The summed E-state index contributed by atoms with van der Waals surface area (Å²) in [7, 11) is 1.45. The summed E-state index contributed by atoms with van der Waals surface area (Å²) in [5, 5.41) is 0.0921. The Bertz CT molecular complexity index is 801. The number of morpholine rings is 1. The molecule has 2 saturated heterocycles. The fourth-order valence-electron chi connectivity index (χ4n) is 2.69. The molecule has 7 nitrogen and oxygen atoms in total. The van der Waals surface area contributed by atoms with Crippen LogP contribution in [0, 0.1) is 0 Å². The molecule has 3 rings (SSSR count). The van der Waals surface area contributed by atoms with Crippen molar-refractivity contribution < 1.29 is 23.9 Å². The third kappa shape index (κ3) is 4.40. The van der Waals surface area contributed by atoms with Crippen molar-refractivity contribution >= 4 is 58.1 Å². The van der Waals surface area contributed by atoms with Gasteiger partial charge in [0.15, 0.2) is 5.75 Å². The first-order valence-corrected chi connectivity index (χ1v) is 9.62. The Labute approximate surface area is 170 Å². The van der Waals surface area contributed by atoms with Gasteiger partial charge in [-0.1, -0.05) is 23.2 Å². The minimum absolute atomic E-state index is 0.201. The molecular formula is C17H16Cl2N2O5S. The number of methoxy groups -OCH3 is 1. The number of ether oxygens (including phenoxy) is 2. The van der Waals surface area contributed by atoms with E-state index in [1.807, 2.05) is 0 Å². The maximum atomic E-state index is 12.6. The van der Waals surface area contributed by atoms with Gasteiger partial charge in [-0.05, 0) is 35.5 Å². The Kier molecular flexibility index (Phi) is 6.31. The van der Waals surface area contributed by atoms with Gasteiger partial charge in [0.25, 0.3) is 11.1 Å². The van der Waals surface area contributed by atoms with Gasteiger partial charge in [-0.3, -0.25) is 19.3 Å². The number of hydrogen-bond acceptors (Lipinski definition) is 6. The standard InChI is InChI=1S/C17H16Cl2N2O5S/c1-25-15-11(18)6-10(7-12(15)19)8-13-16(23)21(17(24)27-13)9-14(22)20-2-4-26-5-3-20/h6-8H,2-5,9H2,1H3/b13-8+. The Morgan fingerprint density at radius 1 is 1.26 bits per heavy atom. The zero-order valence-corrected chi connectivity index (χ0v) is 16.7. The molecule has 0 saturated carbocycles. The third-order valence-electron chi connectivity index (χ3n) is 4.05. The molecule has 2 fully saturated rings. The molecule has 0 unspecified atom stereocenters. The number of carbonyl (C=O) groups is 3. The van der Waals surface area contributed by atoms with Crippen LogP contribution in [0.4, 0.5) is 4.79 Å². The zero-order valence-electron chi connectivity index (χ0n) is 14.4. The van der Waals surface area contributed by atoms with Gasteiger partial charge in [0.05, 0.1) is 35.3 Å². The highest BCUT2D eigenvalue weighted by atomic mass is 35.5. The van der Waals surface area contributed by atoms with E-state index in [9.17, 15) is 14.4 Å². The lowest BCUT2D eigenvalue weighted by Crippen LogP contribution is -2.46. The predicted molar refractivity (Wildman–Crippen MR) is 103 cm³/mol. The van der Waals surface area contributed by atoms with Crippen molar-refractivity contribution in [1.82, 2.24) is 9.80 Å². The van der Waals surface area contributed by atoms with Gasteiger partial charge in [0.2, 0.25) is 5.91 Å². The lowest BCUT2D eigenvalue weighted by molar-refractivity contribution is -0.139. The summed E-state index contributed by atoms with van der Waals surface area (Å²) < 4.78 is 10.3. The molecule has 0 atom stereocenters. The SMILES string of the molecule is COc1c(Cl)cc(/C=C2/SC(=O)N(CC(=O)N3CCOCC3)C2=O)cc1Cl. The van der Waals surface area contributed by atoms with E-state index >= 15 is 0 Å². The summed E-state index contributed by atoms with van der Waals surface area (Å²) in [5.41, 5.74) is 0.552. The van der Waals surface area contributed by atoms with Crippen molar-refractivity contribution in [2.75, 3.05) is 40.0 Å². The largest absolute Gasteiger partial charge is 0.494 e. The quantitative estimate of drug-likeness (QED) is 0.683. The van der Waals surface area contributed by atoms with Crippen molar-refractivity contribution in [1.29, 1.82) is 0 Å². The van der Waals surface area contributed by atoms with Crippen LogP contribution in [-0.2, 0) is 14.3 Å². The Hall–Kier alpha value is -1.74. The summed E-state index contributed by atoms with van der Waals surface area (Å²) in [5.74, 6) is -0.466. The highest BCUT2D eigenvalue weighted by molar-refractivity contribution is 8.18. The highest BCUT2D eigenvalue weighted by Crippen LogP contribution is 2.37. The van der Waals surface area contributed by atoms with E-state index in [0.717, 1.165) is 16.7 Å². The monoisotopic (exact) mass is 430 g/mol. The van der Waals surface area contributed by atoms with Gasteiger partial charge in [-0.2, -0.15) is 0 Å². The number of thioether (sulfide) groups is 1. The molecular weight excluding hydrogens is 415 g/mol. The van der Waals surface area contributed by atoms with Crippen LogP contribution >= 0.6 is 35.0 Å². The molecule has 1 aromatic rings. The summed E-state index contributed by atoms with van der Waals surface area (Å²) >= 11 is 13.0. The van der Waals surface area contributed by atoms with Crippen molar-refractivity contribution in [3.8, 4) is 5.75 Å². The number of rotatable bonds is 4. The van der Waals surface area contributed by atoms with Crippen molar-refractivity contribution in [2.24, 2.45) is 0 Å². The van der Waals surface area contributed by atoms with Crippen LogP contribution in [0.15, 0.2) is 17.0 Å². The lowest BCUT2D eigenvalue weighted by Gasteiger charge is -2.28. The van der Waals surface area contributed by atoms with Gasteiger partial charge in [-0.25, -0.2) is 0 Å². The molecule has 0 bridgehead atoms. The molecule has 0 radical (unpaired) electrons. The van der Waals surface area contributed by atoms with Crippen molar-refractivity contribution in [2.45, 2.75) is 0 Å². The van der Waals surface area contributed by atoms with Crippen LogP contribution in [0.3, 0.4) is 0 Å². The smallest absolute Gasteiger partial charge is 0.294 e. The van der Waals surface area contributed by atoms with Crippen LogP contribution in [0.1, 0.15) is 5.56 Å². The first-order valence-electron chi connectivity index (χ1n) is 8.04. The van der Waals surface area contributed by atoms with Gasteiger partial charge < -0.3 is 14.4 Å². The Morgan fingerprint density at radius 3 is 2.48 bits per heavy atom. The Balaban J connectivity index is 1.75. The van der Waals surface area contributed by atoms with E-state index in [0.29, 0.717) is 37.6 Å². The zero-order chi connectivity index (χ0) is 19.6. The second-order valence-electron chi connectivity index (χ2n) is 5.78. The molecule has 0 aromatic heterocycles. The normalized spacial score (nSPS) is 19.1. The molecule has 0 spiro atoms. The third-order valence-corrected chi connectivity index (χ3v) is 5.52. The van der Waals surface area contributed by atoms with Gasteiger partial charge in [0.1, 0.15) is 6.54 Å². The van der Waals surface area contributed by atoms with Crippen LogP contribution in [0.25, 0.3) is 6.08 Å². The number of nitrogens with zero attached hydrogens (tertiary/aromatic N) is 2. The number of amides is 3. The van der Waals surface area contributed by atoms with E-state index in [2.05, 4.69) is 0 Å². The van der Waals surface area contributed by atoms with Gasteiger partial charge in [-0.15, -0.1) is 0 Å². The van der Waals surface area contributed by atoms with E-state index < -0.39 is 11.1 Å². The van der Waals surface area contributed by atoms with E-state index in [1.54, 1.807) is 17.0 Å². The molecule has 2 aliphatic rings. The minimum Gasteiger partial charge on any atom is -0.494 e. The van der Waals surface area contributed by atoms with Gasteiger partial charge in [0, 0.05) is 13.1 Å². The molecule has 2 heterocycles. The Morgan fingerprint density at radius 2 is 1.89 bits per heavy atom. The molecule has 2 aliphatic heterocycles. The molecule has 10 heteroatoms. The van der Waals surface area contributed by atoms with Crippen molar-refractivity contribution in [3.63, 3.8) is 0 Å². The number of imide groups is 1. The van der Waals surface area contributed by atoms with Crippen LogP contribution in [0.2, 0.25) is 10.0 Å². The fourth-order valence-corrected chi connectivity index (χ4v) is 4.19. The van der Waals surface area contributed by atoms with E-state index in [1.165, 1.54) is 13.2 Å². The number of benzene rings is 1. The van der Waals surface area contributed by atoms with Crippen LogP contribution < -0.4 is 4.74 Å². The molecule has 1 aromatic carbocycles. The molecule has 27 heavy (non-hydrogen) atoms. The average molecular weight is 431 g/mol. The predicted octanol–water partition coefficient (Wildman–Crippen LogP) is 2.90. The van der Waals surface area contributed by atoms with E-state index in [4.69, 9.17) is 32.7 Å². The van der Waals surface area contributed by atoms with Gasteiger partial charge >= 0.3 is 0 Å². The summed E-state index contributed by atoms with van der Waals surface area (Å²) in [4.78, 5) is 39.8. The fraction of sp³-hybridized carbons (Fsp3) is 0.353. The van der Waals surface area contributed by atoms with Crippen LogP contribution in [-0.4, -0.2) is 66.8 Å². The summed E-state index contributed by atoms with van der Waals surface area (Å²) in [6.07, 6.45) is 1.52.